The van der Waals surface area contributed by atoms with E-state index >= 15 is 0 Å². The van der Waals surface area contributed by atoms with Crippen molar-refractivity contribution in [2.75, 3.05) is 23.9 Å². The zero-order chi connectivity index (χ0) is 20.5. The summed E-state index contributed by atoms with van der Waals surface area (Å²) in [5, 5.41) is 1.15. The molecule has 0 radical (unpaired) electrons. The minimum atomic E-state index is -0.163. The number of hydrogen-bond donors (Lipinski definition) is 0. The predicted molar refractivity (Wildman–Crippen MR) is 123 cm³/mol. The minimum Gasteiger partial charge on any atom is -0.311 e. The average molecular weight is 441 g/mol. The first-order valence-electron chi connectivity index (χ1n) is 8.85. The van der Waals surface area contributed by atoms with Gasteiger partial charge in [0.25, 0.3) is 11.8 Å². The molecule has 2 aromatic carbocycles. The van der Waals surface area contributed by atoms with Crippen molar-refractivity contribution >= 4 is 66.9 Å². The van der Waals surface area contributed by atoms with E-state index in [0.717, 1.165) is 20.8 Å². The smallest absolute Gasteiger partial charge is 0.269 e. The molecule has 0 N–H and O–H groups in total. The Morgan fingerprint density at radius 3 is 1.83 bits per heavy atom. The summed E-state index contributed by atoms with van der Waals surface area (Å²) in [5.41, 5.74) is 1.62. The maximum absolute atomic E-state index is 12.9. The zero-order valence-electron chi connectivity index (χ0n) is 15.8. The fourth-order valence-electron chi connectivity index (χ4n) is 2.96. The van der Waals surface area contributed by atoms with Crippen molar-refractivity contribution in [2.24, 2.45) is 0 Å². The van der Waals surface area contributed by atoms with Gasteiger partial charge in [0.05, 0.1) is 13.9 Å². The summed E-state index contributed by atoms with van der Waals surface area (Å²) in [6, 6.07) is 20.7. The van der Waals surface area contributed by atoms with Gasteiger partial charge in [0.1, 0.15) is 4.88 Å². The molecule has 0 saturated carbocycles. The van der Waals surface area contributed by atoms with Crippen LogP contribution >= 0.6 is 34.3 Å². The lowest BCUT2D eigenvalue weighted by molar-refractivity contribution is 0.0989. The van der Waals surface area contributed by atoms with Gasteiger partial charge in [-0.2, -0.15) is 0 Å². The molecule has 0 bridgehead atoms. The highest BCUT2D eigenvalue weighted by Crippen LogP contribution is 2.41. The fourth-order valence-corrected chi connectivity index (χ4v) is 5.86. The predicted octanol–water partition coefficient (Wildman–Crippen LogP) is 6.17. The van der Waals surface area contributed by atoms with E-state index in [9.17, 15) is 9.59 Å². The highest BCUT2D eigenvalue weighted by Gasteiger charge is 2.25. The molecule has 0 saturated heterocycles. The third kappa shape index (κ3) is 3.67. The molecule has 29 heavy (non-hydrogen) atoms. The van der Waals surface area contributed by atoms with Crippen molar-refractivity contribution in [1.29, 1.82) is 0 Å². The first-order valence-corrected chi connectivity index (χ1v) is 10.9. The monoisotopic (exact) mass is 440 g/mol. The molecule has 146 valence electrons. The summed E-state index contributed by atoms with van der Waals surface area (Å²) in [5.74, 6) is -0.265. The molecule has 4 nitrogen and oxygen atoms in total. The molecule has 7 heteroatoms. The van der Waals surface area contributed by atoms with Crippen LogP contribution in [0, 0.1) is 0 Å². The van der Waals surface area contributed by atoms with Gasteiger partial charge in [0.15, 0.2) is 0 Å². The first kappa shape index (κ1) is 19.6. The van der Waals surface area contributed by atoms with Gasteiger partial charge in [0, 0.05) is 30.9 Å². The molecular formula is C22H17ClN2O2S2. The number of carbonyl (C=O) groups excluding carboxylic acids is 2. The number of fused-ring (bicyclic) bond motifs is 1. The summed E-state index contributed by atoms with van der Waals surface area (Å²) in [4.78, 5) is 30.0. The van der Waals surface area contributed by atoms with Gasteiger partial charge in [0.2, 0.25) is 0 Å². The molecule has 0 unspecified atom stereocenters. The van der Waals surface area contributed by atoms with Gasteiger partial charge in [-0.3, -0.25) is 9.59 Å². The molecule has 0 fully saturated rings. The zero-order valence-corrected chi connectivity index (χ0v) is 18.1. The topological polar surface area (TPSA) is 40.6 Å². The van der Waals surface area contributed by atoms with E-state index in [4.69, 9.17) is 11.6 Å². The highest BCUT2D eigenvalue weighted by atomic mass is 35.5. The largest absolute Gasteiger partial charge is 0.311 e. The van der Waals surface area contributed by atoms with Crippen molar-refractivity contribution < 1.29 is 9.59 Å². The van der Waals surface area contributed by atoms with E-state index in [2.05, 4.69) is 0 Å². The van der Waals surface area contributed by atoms with Gasteiger partial charge in [-0.15, -0.1) is 22.7 Å². The number of anilines is 2. The summed E-state index contributed by atoms with van der Waals surface area (Å²) < 4.78 is 0.865. The van der Waals surface area contributed by atoms with Crippen LogP contribution in [0.5, 0.6) is 0 Å². The Hall–Kier alpha value is -2.67. The second-order valence-corrected chi connectivity index (χ2v) is 9.17. The standard InChI is InChI=1S/C22H17ClN2O2S2/c1-24(14-9-5-3-6-10-14)20(26)17-13-16-18(23)19(29-22(16)28-17)21(27)25(2)15-11-7-4-8-12-15/h3-13H,1-2H3. The Labute approximate surface area is 181 Å². The third-order valence-corrected chi connectivity index (χ3v) is 7.54. The molecule has 4 rings (SSSR count). The van der Waals surface area contributed by atoms with Crippen molar-refractivity contribution in [1.82, 2.24) is 0 Å². The molecule has 2 heterocycles. The highest BCUT2D eigenvalue weighted by molar-refractivity contribution is 7.40. The quantitative estimate of drug-likeness (QED) is 0.380. The molecule has 0 aliphatic rings. The minimum absolute atomic E-state index is 0.102. The van der Waals surface area contributed by atoms with Gasteiger partial charge in [-0.05, 0) is 30.3 Å². The maximum atomic E-state index is 12.9. The van der Waals surface area contributed by atoms with Gasteiger partial charge in [-0.25, -0.2) is 0 Å². The van der Waals surface area contributed by atoms with E-state index in [1.807, 2.05) is 60.7 Å². The SMILES string of the molecule is CN(C(=O)c1cc2c(Cl)c(C(=O)N(C)c3ccccc3)sc2s1)c1ccccc1. The molecule has 4 aromatic rings. The summed E-state index contributed by atoms with van der Waals surface area (Å²) in [7, 11) is 3.47. The lowest BCUT2D eigenvalue weighted by Gasteiger charge is -2.16. The Kier molecular flexibility index (Phi) is 5.41. The van der Waals surface area contributed by atoms with E-state index in [1.165, 1.54) is 22.7 Å². The van der Waals surface area contributed by atoms with Crippen LogP contribution < -0.4 is 9.80 Å². The lowest BCUT2D eigenvalue weighted by Crippen LogP contribution is -2.25. The molecule has 0 atom stereocenters. The van der Waals surface area contributed by atoms with Crippen LogP contribution in [0.1, 0.15) is 19.3 Å². The van der Waals surface area contributed by atoms with E-state index in [0.29, 0.717) is 14.8 Å². The fraction of sp³-hybridized carbons (Fsp3) is 0.0909. The normalized spacial score (nSPS) is 10.9. The molecule has 2 aromatic heterocycles. The number of amides is 2. The Balaban J connectivity index is 1.62. The second kappa shape index (κ2) is 7.99. The number of rotatable bonds is 4. The van der Waals surface area contributed by atoms with Crippen LogP contribution in [0.3, 0.4) is 0 Å². The number of nitrogens with zero attached hydrogens (tertiary/aromatic N) is 2. The number of para-hydroxylation sites is 2. The van der Waals surface area contributed by atoms with Gasteiger partial charge < -0.3 is 9.80 Å². The molecule has 2 amide bonds. The van der Waals surface area contributed by atoms with E-state index in [-0.39, 0.29) is 11.8 Å². The third-order valence-electron chi connectivity index (χ3n) is 4.63. The van der Waals surface area contributed by atoms with Crippen molar-refractivity contribution in [3.05, 3.63) is 81.5 Å². The second-order valence-electron chi connectivity index (χ2n) is 6.46. The molecule has 0 aliphatic heterocycles. The van der Waals surface area contributed by atoms with Crippen LogP contribution in [0.4, 0.5) is 11.4 Å². The number of hydrogen-bond acceptors (Lipinski definition) is 4. The van der Waals surface area contributed by atoms with Gasteiger partial charge >= 0.3 is 0 Å². The van der Waals surface area contributed by atoms with Crippen molar-refractivity contribution in [3.8, 4) is 0 Å². The van der Waals surface area contributed by atoms with Crippen LogP contribution in [0.15, 0.2) is 66.7 Å². The first-order chi connectivity index (χ1) is 14.0. The van der Waals surface area contributed by atoms with Crippen molar-refractivity contribution in [2.45, 2.75) is 0 Å². The number of benzene rings is 2. The van der Waals surface area contributed by atoms with E-state index in [1.54, 1.807) is 30.0 Å². The number of halogens is 1. The summed E-state index contributed by atoms with van der Waals surface area (Å²) in [6.45, 7) is 0. The Bertz CT molecular complexity index is 1190. The lowest BCUT2D eigenvalue weighted by atomic mass is 10.2. The molecule has 0 spiro atoms. The Morgan fingerprint density at radius 1 is 0.793 bits per heavy atom. The van der Waals surface area contributed by atoms with Gasteiger partial charge in [-0.1, -0.05) is 48.0 Å². The Morgan fingerprint density at radius 2 is 1.31 bits per heavy atom. The number of carbonyl (C=O) groups is 2. The summed E-state index contributed by atoms with van der Waals surface area (Å²) >= 11 is 9.23. The van der Waals surface area contributed by atoms with Crippen LogP contribution in [0.2, 0.25) is 5.02 Å². The average Bonchev–Trinajstić information content (AvgIpc) is 3.32. The van der Waals surface area contributed by atoms with Crippen LogP contribution in [-0.2, 0) is 0 Å². The van der Waals surface area contributed by atoms with Crippen LogP contribution in [-0.4, -0.2) is 25.9 Å². The molecular weight excluding hydrogens is 424 g/mol. The van der Waals surface area contributed by atoms with E-state index < -0.39 is 0 Å². The summed E-state index contributed by atoms with van der Waals surface area (Å²) in [6.07, 6.45) is 0. The van der Waals surface area contributed by atoms with Crippen LogP contribution in [0.25, 0.3) is 9.40 Å². The number of thiophene rings is 2. The molecule has 0 aliphatic carbocycles. The van der Waals surface area contributed by atoms with Crippen molar-refractivity contribution in [3.63, 3.8) is 0 Å². The maximum Gasteiger partial charge on any atom is 0.269 e.